The lowest BCUT2D eigenvalue weighted by atomic mass is 9.89. The number of hydrogen-bond donors (Lipinski definition) is 0. The summed E-state index contributed by atoms with van der Waals surface area (Å²) in [4.78, 5) is 15.5. The quantitative estimate of drug-likeness (QED) is 0.150. The van der Waals surface area contributed by atoms with E-state index in [2.05, 4.69) is 170 Å². The van der Waals surface area contributed by atoms with Gasteiger partial charge >= 0.3 is 0 Å². The molecule has 0 saturated carbocycles. The molecule has 11 aromatic carbocycles. The number of benzene rings is 11. The summed E-state index contributed by atoms with van der Waals surface area (Å²) >= 11 is 0. The van der Waals surface area contributed by atoms with Crippen molar-refractivity contribution in [1.29, 1.82) is 5.26 Å². The van der Waals surface area contributed by atoms with Gasteiger partial charge in [0.2, 0.25) is 0 Å². The Morgan fingerprint density at radius 3 is 1.53 bits per heavy atom. The molecule has 0 bridgehead atoms. The molecule has 1 aliphatic rings. The number of hydrogen-bond acceptors (Lipinski definition) is 4. The van der Waals surface area contributed by atoms with E-state index >= 15 is 0 Å². The lowest BCUT2D eigenvalue weighted by molar-refractivity contribution is 1.07. The minimum absolute atomic E-state index is 0.536. The molecule has 0 aliphatic heterocycles. The monoisotopic (exact) mass is 862 g/mol. The summed E-state index contributed by atoms with van der Waals surface area (Å²) in [5.74, 6) is 1.70. The first kappa shape index (κ1) is 39.1. The first-order valence-electron chi connectivity index (χ1n) is 22.9. The summed E-state index contributed by atoms with van der Waals surface area (Å²) in [5, 5.41) is 18.5. The molecular formula is C64H38N4. The maximum atomic E-state index is 10.9. The molecule has 0 spiro atoms. The Morgan fingerprint density at radius 2 is 0.765 bits per heavy atom. The lowest BCUT2D eigenvalue weighted by Crippen LogP contribution is -2.01. The van der Waals surface area contributed by atoms with Crippen LogP contribution in [0, 0.1) is 11.3 Å². The topological polar surface area (TPSA) is 62.5 Å². The molecule has 0 saturated heterocycles. The highest BCUT2D eigenvalue weighted by Gasteiger charge is 2.24. The lowest BCUT2D eigenvalue weighted by Gasteiger charge is -2.15. The molecule has 314 valence electrons. The van der Waals surface area contributed by atoms with Crippen LogP contribution in [0.1, 0.15) is 5.56 Å². The number of aromatic nitrogens is 3. The van der Waals surface area contributed by atoms with Crippen molar-refractivity contribution in [3.8, 4) is 107 Å². The molecular weight excluding hydrogens is 825 g/mol. The molecule has 0 N–H and O–H groups in total. The zero-order valence-corrected chi connectivity index (χ0v) is 36.7. The van der Waals surface area contributed by atoms with E-state index in [9.17, 15) is 5.26 Å². The van der Waals surface area contributed by atoms with E-state index in [0.29, 0.717) is 23.0 Å². The molecule has 0 amide bonds. The maximum absolute atomic E-state index is 10.9. The van der Waals surface area contributed by atoms with Gasteiger partial charge in [0.25, 0.3) is 0 Å². The van der Waals surface area contributed by atoms with Crippen molar-refractivity contribution in [2.45, 2.75) is 0 Å². The van der Waals surface area contributed by atoms with Crippen LogP contribution in [0.3, 0.4) is 0 Å². The first-order chi connectivity index (χ1) is 33.7. The van der Waals surface area contributed by atoms with Crippen molar-refractivity contribution in [2.75, 3.05) is 0 Å². The highest BCUT2D eigenvalue weighted by molar-refractivity contribution is 6.16. The Morgan fingerprint density at radius 1 is 0.265 bits per heavy atom. The standard InChI is InChI=1S/C64H38N4/c65-39-60-50(44-32-28-41(29-33-44)40-26-30-43(31-27-40)49-20-10-22-51-48-17-5-4-12-42(48)34-36-54(49)51)21-11-23-53(60)52-18-6-7-19-58(52)64-67-62(46-13-2-1-3-14-46)66-63(68-64)47-35-37-55-56-24-8-15-45-16-9-25-57(61(45)56)59(55)38-47/h1-38H. The fraction of sp³-hybridized carbons (Fsp3) is 0. The van der Waals surface area contributed by atoms with Crippen LogP contribution in [0.4, 0.5) is 0 Å². The van der Waals surface area contributed by atoms with Crippen LogP contribution in [0.5, 0.6) is 0 Å². The minimum Gasteiger partial charge on any atom is -0.208 e. The van der Waals surface area contributed by atoms with Gasteiger partial charge in [-0.15, -0.1) is 0 Å². The van der Waals surface area contributed by atoms with Gasteiger partial charge in [0, 0.05) is 27.8 Å². The molecule has 68 heavy (non-hydrogen) atoms. The molecule has 0 atom stereocenters. The third-order valence-electron chi connectivity index (χ3n) is 13.6. The Labute approximate surface area is 393 Å². The minimum atomic E-state index is 0.536. The number of nitrogens with zero attached hydrogens (tertiary/aromatic N) is 4. The van der Waals surface area contributed by atoms with Crippen LogP contribution in [0.25, 0.3) is 133 Å². The van der Waals surface area contributed by atoms with Crippen LogP contribution in [0.2, 0.25) is 0 Å². The summed E-state index contributed by atoms with van der Waals surface area (Å²) in [6, 6.07) is 83.3. The fourth-order valence-electron chi connectivity index (χ4n) is 10.3. The normalized spacial score (nSPS) is 11.5. The Bertz CT molecular complexity index is 4010. The van der Waals surface area contributed by atoms with Crippen LogP contribution < -0.4 is 0 Å². The average molecular weight is 863 g/mol. The van der Waals surface area contributed by atoms with Gasteiger partial charge in [-0.3, -0.25) is 0 Å². The van der Waals surface area contributed by atoms with E-state index < -0.39 is 0 Å². The molecule has 4 nitrogen and oxygen atoms in total. The summed E-state index contributed by atoms with van der Waals surface area (Å²) in [5.41, 5.74) is 16.2. The third kappa shape index (κ3) is 6.48. The van der Waals surface area contributed by atoms with Gasteiger partial charge in [-0.25, -0.2) is 15.0 Å². The fourth-order valence-corrected chi connectivity index (χ4v) is 10.3. The summed E-state index contributed by atoms with van der Waals surface area (Å²) in [7, 11) is 0. The second-order valence-electron chi connectivity index (χ2n) is 17.4. The van der Waals surface area contributed by atoms with Gasteiger partial charge in [-0.2, -0.15) is 5.26 Å². The molecule has 1 aliphatic carbocycles. The van der Waals surface area contributed by atoms with E-state index in [1.165, 1.54) is 65.7 Å². The van der Waals surface area contributed by atoms with Crippen LogP contribution >= 0.6 is 0 Å². The Hall–Kier alpha value is -9.30. The van der Waals surface area contributed by atoms with Crippen LogP contribution in [-0.4, -0.2) is 15.0 Å². The number of fused-ring (bicyclic) bond motifs is 6. The predicted octanol–water partition coefficient (Wildman–Crippen LogP) is 16.5. The van der Waals surface area contributed by atoms with Crippen molar-refractivity contribution in [1.82, 2.24) is 15.0 Å². The molecule has 0 unspecified atom stereocenters. The second-order valence-corrected chi connectivity index (χ2v) is 17.4. The van der Waals surface area contributed by atoms with Gasteiger partial charge in [0.15, 0.2) is 17.5 Å². The Balaban J connectivity index is 0.853. The maximum Gasteiger partial charge on any atom is 0.164 e. The smallest absolute Gasteiger partial charge is 0.164 e. The molecule has 1 heterocycles. The first-order valence-corrected chi connectivity index (χ1v) is 22.9. The van der Waals surface area contributed by atoms with E-state index in [-0.39, 0.29) is 0 Å². The van der Waals surface area contributed by atoms with Gasteiger partial charge < -0.3 is 0 Å². The highest BCUT2D eigenvalue weighted by atomic mass is 15.0. The van der Waals surface area contributed by atoms with E-state index in [0.717, 1.165) is 50.1 Å². The largest absolute Gasteiger partial charge is 0.208 e. The predicted molar refractivity (Wildman–Crippen MR) is 280 cm³/mol. The van der Waals surface area contributed by atoms with Gasteiger partial charge in [0.1, 0.15) is 6.07 Å². The molecule has 12 aromatic rings. The number of rotatable bonds is 7. The second kappa shape index (κ2) is 16.0. The van der Waals surface area contributed by atoms with Crippen molar-refractivity contribution < 1.29 is 0 Å². The summed E-state index contributed by atoms with van der Waals surface area (Å²) < 4.78 is 0. The van der Waals surface area contributed by atoms with E-state index in [1.807, 2.05) is 66.7 Å². The zero-order chi connectivity index (χ0) is 45.1. The van der Waals surface area contributed by atoms with Gasteiger partial charge in [-0.05, 0) is 94.0 Å². The third-order valence-corrected chi connectivity index (χ3v) is 13.6. The van der Waals surface area contributed by atoms with Crippen LogP contribution in [0.15, 0.2) is 231 Å². The molecule has 0 fully saturated rings. The zero-order valence-electron chi connectivity index (χ0n) is 36.7. The molecule has 13 rings (SSSR count). The highest BCUT2D eigenvalue weighted by Crippen LogP contribution is 2.48. The van der Waals surface area contributed by atoms with Crippen molar-refractivity contribution in [2.24, 2.45) is 0 Å². The summed E-state index contributed by atoms with van der Waals surface area (Å²) in [6.07, 6.45) is 0. The van der Waals surface area contributed by atoms with Gasteiger partial charge in [0.05, 0.1) is 5.56 Å². The summed E-state index contributed by atoms with van der Waals surface area (Å²) in [6.45, 7) is 0. The van der Waals surface area contributed by atoms with Gasteiger partial charge in [-0.1, -0.05) is 224 Å². The van der Waals surface area contributed by atoms with E-state index in [1.54, 1.807) is 0 Å². The molecule has 4 heteroatoms. The molecule has 1 aromatic heterocycles. The van der Waals surface area contributed by atoms with E-state index in [4.69, 9.17) is 15.0 Å². The molecule has 0 radical (unpaired) electrons. The van der Waals surface area contributed by atoms with Crippen LogP contribution in [-0.2, 0) is 0 Å². The Kier molecular flexibility index (Phi) is 9.20. The number of nitriles is 1. The van der Waals surface area contributed by atoms with Crippen molar-refractivity contribution >= 4 is 32.3 Å². The average Bonchev–Trinajstić information content (AvgIpc) is 3.74. The SMILES string of the molecule is N#Cc1c(-c2ccc(-c3ccc(-c4cccc5c4ccc4ccccc45)cc3)cc2)cccc1-c1ccccc1-c1nc(-c2ccccc2)nc(-c2ccc3c(c2)-c2cccc4cccc-3c24)n1. The van der Waals surface area contributed by atoms with Crippen molar-refractivity contribution in [3.05, 3.63) is 236 Å². The van der Waals surface area contributed by atoms with Crippen molar-refractivity contribution in [3.63, 3.8) is 0 Å².